The van der Waals surface area contributed by atoms with E-state index >= 15 is 0 Å². The summed E-state index contributed by atoms with van der Waals surface area (Å²) in [4.78, 5) is 0. The molecule has 3 rings (SSSR count). The standard InChI is InChI=1S/C19H28O11/c1-8-12(21)17(30-18-15(24)14(23)13(22)11(7-20)29-18)16(25)19(27-8)28-10-5-3-9(26-2)4-6-10/h3-6,8,11-25H,7H2,1-2H3/t8-,11-,12-,13-,14+,15-,16+,17+,18-,19-/m0/s1. The molecule has 2 fully saturated rings. The van der Waals surface area contributed by atoms with Crippen molar-refractivity contribution in [3.05, 3.63) is 24.3 Å². The third-order valence-corrected chi connectivity index (χ3v) is 5.23. The predicted octanol–water partition coefficient (Wildman–Crippen LogP) is -2.27. The fraction of sp³-hybridized carbons (Fsp3) is 0.684. The third-order valence-electron chi connectivity index (χ3n) is 5.23. The van der Waals surface area contributed by atoms with Crippen molar-refractivity contribution in [3.63, 3.8) is 0 Å². The Balaban J connectivity index is 1.72. The first-order valence-electron chi connectivity index (χ1n) is 9.55. The number of ether oxygens (including phenoxy) is 5. The summed E-state index contributed by atoms with van der Waals surface area (Å²) in [7, 11) is 1.52. The highest BCUT2D eigenvalue weighted by Crippen LogP contribution is 2.30. The van der Waals surface area contributed by atoms with Gasteiger partial charge in [-0.15, -0.1) is 0 Å². The minimum atomic E-state index is -1.68. The molecule has 0 radical (unpaired) electrons. The van der Waals surface area contributed by atoms with Crippen molar-refractivity contribution in [1.29, 1.82) is 0 Å². The van der Waals surface area contributed by atoms with Gasteiger partial charge in [0.15, 0.2) is 6.29 Å². The molecule has 10 atom stereocenters. The van der Waals surface area contributed by atoms with E-state index in [2.05, 4.69) is 0 Å². The zero-order valence-corrected chi connectivity index (χ0v) is 16.5. The number of hydrogen-bond donors (Lipinski definition) is 6. The normalized spacial score (nSPS) is 42.0. The van der Waals surface area contributed by atoms with Gasteiger partial charge in [0.1, 0.15) is 54.2 Å². The zero-order valence-electron chi connectivity index (χ0n) is 16.5. The Labute approximate surface area is 172 Å². The largest absolute Gasteiger partial charge is 0.497 e. The molecule has 0 spiro atoms. The fourth-order valence-electron chi connectivity index (χ4n) is 3.38. The van der Waals surface area contributed by atoms with Crippen LogP contribution in [0, 0.1) is 0 Å². The van der Waals surface area contributed by atoms with Crippen molar-refractivity contribution in [2.45, 2.75) is 68.3 Å². The van der Waals surface area contributed by atoms with Crippen molar-refractivity contribution in [3.8, 4) is 11.5 Å². The lowest BCUT2D eigenvalue weighted by molar-refractivity contribution is -0.350. The van der Waals surface area contributed by atoms with Gasteiger partial charge in [0.05, 0.1) is 19.8 Å². The third kappa shape index (κ3) is 4.69. The van der Waals surface area contributed by atoms with Crippen molar-refractivity contribution in [2.24, 2.45) is 0 Å². The number of rotatable bonds is 6. The van der Waals surface area contributed by atoms with Crippen molar-refractivity contribution in [2.75, 3.05) is 13.7 Å². The van der Waals surface area contributed by atoms with Crippen LogP contribution < -0.4 is 9.47 Å². The van der Waals surface area contributed by atoms with Crippen molar-refractivity contribution < 1.29 is 54.3 Å². The monoisotopic (exact) mass is 432 g/mol. The summed E-state index contributed by atoms with van der Waals surface area (Å²) in [5, 5.41) is 60.4. The molecule has 2 aliphatic rings. The number of aliphatic hydroxyl groups excluding tert-OH is 6. The average molecular weight is 432 g/mol. The molecule has 0 aromatic heterocycles. The Morgan fingerprint density at radius 3 is 2.03 bits per heavy atom. The van der Waals surface area contributed by atoms with Crippen molar-refractivity contribution in [1.82, 2.24) is 0 Å². The van der Waals surface area contributed by atoms with Crippen LogP contribution in [0.1, 0.15) is 6.92 Å². The van der Waals surface area contributed by atoms with Gasteiger partial charge in [-0.3, -0.25) is 0 Å². The Morgan fingerprint density at radius 2 is 1.43 bits per heavy atom. The zero-order chi connectivity index (χ0) is 22.0. The second-order valence-electron chi connectivity index (χ2n) is 7.28. The van der Waals surface area contributed by atoms with Gasteiger partial charge >= 0.3 is 0 Å². The summed E-state index contributed by atoms with van der Waals surface area (Å²) in [6, 6.07) is 6.53. The molecule has 6 N–H and O–H groups in total. The quantitative estimate of drug-likeness (QED) is 0.287. The van der Waals surface area contributed by atoms with Gasteiger partial charge in [-0.05, 0) is 31.2 Å². The molecule has 30 heavy (non-hydrogen) atoms. The van der Waals surface area contributed by atoms with E-state index in [0.717, 1.165) is 0 Å². The van der Waals surface area contributed by atoms with Gasteiger partial charge in [-0.2, -0.15) is 0 Å². The van der Waals surface area contributed by atoms with Crippen molar-refractivity contribution >= 4 is 0 Å². The van der Waals surface area contributed by atoms with Crippen LogP contribution in [-0.2, 0) is 14.2 Å². The molecule has 0 aliphatic carbocycles. The van der Waals surface area contributed by atoms with E-state index in [0.29, 0.717) is 11.5 Å². The molecule has 0 saturated carbocycles. The second-order valence-corrected chi connectivity index (χ2v) is 7.28. The Morgan fingerprint density at radius 1 is 0.800 bits per heavy atom. The topological polar surface area (TPSA) is 168 Å². The molecule has 2 saturated heterocycles. The van der Waals surface area contributed by atoms with Gasteiger partial charge in [0, 0.05) is 0 Å². The average Bonchev–Trinajstić information content (AvgIpc) is 2.75. The van der Waals surface area contributed by atoms with E-state index in [1.165, 1.54) is 7.11 Å². The Hall–Kier alpha value is -1.54. The Bertz CT molecular complexity index is 669. The fourth-order valence-corrected chi connectivity index (χ4v) is 3.38. The molecule has 0 amide bonds. The van der Waals surface area contributed by atoms with Crippen LogP contribution in [0.15, 0.2) is 24.3 Å². The maximum Gasteiger partial charge on any atom is 0.229 e. The Kier molecular flexibility index (Phi) is 7.50. The smallest absolute Gasteiger partial charge is 0.229 e. The van der Waals surface area contributed by atoms with Crippen LogP contribution in [0.3, 0.4) is 0 Å². The lowest BCUT2D eigenvalue weighted by atomic mass is 9.97. The number of aliphatic hydroxyl groups is 6. The maximum absolute atomic E-state index is 10.7. The predicted molar refractivity (Wildman–Crippen MR) is 98.6 cm³/mol. The highest BCUT2D eigenvalue weighted by Gasteiger charge is 2.50. The number of methoxy groups -OCH3 is 1. The molecule has 2 aliphatic heterocycles. The summed E-state index contributed by atoms with van der Waals surface area (Å²) in [5.41, 5.74) is 0. The van der Waals surface area contributed by atoms with E-state index < -0.39 is 68.0 Å². The van der Waals surface area contributed by atoms with E-state index in [1.807, 2.05) is 0 Å². The molecular weight excluding hydrogens is 404 g/mol. The van der Waals surface area contributed by atoms with Gasteiger partial charge in [-0.1, -0.05) is 0 Å². The molecular formula is C19H28O11. The van der Waals surface area contributed by atoms with E-state index in [-0.39, 0.29) is 0 Å². The van der Waals surface area contributed by atoms with Crippen LogP contribution >= 0.6 is 0 Å². The minimum Gasteiger partial charge on any atom is -0.497 e. The SMILES string of the molecule is COc1ccc(O[C@@H]2O[C@@H](C)[C@H](O)[C@@H](O[C@@H]3O[C@@H](CO)[C@H](O)[C@@H](O)[C@@H]3O)[C@H]2O)cc1. The molecule has 11 nitrogen and oxygen atoms in total. The lowest BCUT2D eigenvalue weighted by Gasteiger charge is -2.45. The highest BCUT2D eigenvalue weighted by molar-refractivity contribution is 5.31. The van der Waals surface area contributed by atoms with Crippen LogP contribution in [-0.4, -0.2) is 106 Å². The van der Waals surface area contributed by atoms with Gasteiger partial charge in [0.25, 0.3) is 0 Å². The second kappa shape index (κ2) is 9.73. The van der Waals surface area contributed by atoms with E-state index in [1.54, 1.807) is 31.2 Å². The molecule has 170 valence electrons. The molecule has 0 unspecified atom stereocenters. The lowest BCUT2D eigenvalue weighted by Crippen LogP contribution is -2.64. The van der Waals surface area contributed by atoms with E-state index in [9.17, 15) is 30.6 Å². The first-order chi connectivity index (χ1) is 14.3. The number of hydrogen-bond acceptors (Lipinski definition) is 11. The van der Waals surface area contributed by atoms with Gasteiger partial charge < -0.3 is 54.3 Å². The molecule has 1 aromatic carbocycles. The summed E-state index contributed by atoms with van der Waals surface area (Å²) >= 11 is 0. The molecule has 11 heteroatoms. The van der Waals surface area contributed by atoms with E-state index in [4.69, 9.17) is 23.7 Å². The summed E-state index contributed by atoms with van der Waals surface area (Å²) in [6.45, 7) is 0.911. The summed E-state index contributed by atoms with van der Waals surface area (Å²) in [6.07, 6.45) is -13.8. The van der Waals surface area contributed by atoms with Gasteiger partial charge in [-0.25, -0.2) is 0 Å². The van der Waals surface area contributed by atoms with Crippen LogP contribution in [0.4, 0.5) is 0 Å². The maximum atomic E-state index is 10.7. The molecule has 2 heterocycles. The van der Waals surface area contributed by atoms with Gasteiger partial charge in [0.2, 0.25) is 6.29 Å². The first-order valence-corrected chi connectivity index (χ1v) is 9.55. The summed E-state index contributed by atoms with van der Waals surface area (Å²) < 4.78 is 27.1. The van der Waals surface area contributed by atoms with Crippen LogP contribution in [0.2, 0.25) is 0 Å². The highest BCUT2D eigenvalue weighted by atomic mass is 16.7. The molecule has 1 aromatic rings. The van der Waals surface area contributed by atoms with Crippen LogP contribution in [0.5, 0.6) is 11.5 Å². The molecule has 0 bridgehead atoms. The first kappa shape index (κ1) is 23.1. The summed E-state index contributed by atoms with van der Waals surface area (Å²) in [5.74, 6) is 0.982. The van der Waals surface area contributed by atoms with Crippen LogP contribution in [0.25, 0.3) is 0 Å². The minimum absolute atomic E-state index is 0.370. The number of benzene rings is 1.